The number of nitrogens with zero attached hydrogens (tertiary/aromatic N) is 4. The van der Waals surface area contributed by atoms with E-state index in [-0.39, 0.29) is 0 Å². The fourth-order valence-electron chi connectivity index (χ4n) is 1.75. The molecule has 0 aliphatic heterocycles. The van der Waals surface area contributed by atoms with Gasteiger partial charge in [0, 0.05) is 19.4 Å². The third-order valence-electron chi connectivity index (χ3n) is 2.65. The fraction of sp³-hybridized carbons (Fsp3) is 0.182. The number of aromatic nitrogens is 5. The van der Waals surface area contributed by atoms with E-state index in [9.17, 15) is 0 Å². The molecule has 0 atom stereocenters. The summed E-state index contributed by atoms with van der Waals surface area (Å²) in [6, 6.07) is 3.87. The largest absolute Gasteiger partial charge is 0.363 e. The lowest BCUT2D eigenvalue weighted by molar-refractivity contribution is 0.947. The van der Waals surface area contributed by atoms with Crippen LogP contribution in [0.25, 0.3) is 11.0 Å². The summed E-state index contributed by atoms with van der Waals surface area (Å²) >= 11 is 0. The second-order valence-electron chi connectivity index (χ2n) is 3.82. The van der Waals surface area contributed by atoms with Gasteiger partial charge >= 0.3 is 0 Å². The molecule has 0 aliphatic rings. The average molecular weight is 228 g/mol. The van der Waals surface area contributed by atoms with E-state index in [2.05, 4.69) is 25.5 Å². The van der Waals surface area contributed by atoms with E-state index in [0.29, 0.717) is 6.54 Å². The van der Waals surface area contributed by atoms with Crippen molar-refractivity contribution in [1.29, 1.82) is 0 Å². The Labute approximate surface area is 97.7 Å². The predicted molar refractivity (Wildman–Crippen MR) is 64.4 cm³/mol. The molecular formula is C11H12N6. The van der Waals surface area contributed by atoms with Crippen molar-refractivity contribution >= 4 is 16.9 Å². The lowest BCUT2D eigenvalue weighted by atomic mass is 10.3. The number of fused-ring (bicyclic) bond motifs is 1. The first-order valence-electron chi connectivity index (χ1n) is 5.33. The Hall–Kier alpha value is -2.37. The van der Waals surface area contributed by atoms with Crippen molar-refractivity contribution in [2.75, 3.05) is 5.32 Å². The van der Waals surface area contributed by atoms with Gasteiger partial charge in [-0.05, 0) is 12.1 Å². The maximum Gasteiger partial charge on any atom is 0.154 e. The molecule has 3 aromatic rings. The van der Waals surface area contributed by atoms with E-state index < -0.39 is 0 Å². The van der Waals surface area contributed by atoms with Gasteiger partial charge in [0.1, 0.15) is 5.52 Å². The first-order valence-corrected chi connectivity index (χ1v) is 5.33. The summed E-state index contributed by atoms with van der Waals surface area (Å²) in [6.07, 6.45) is 5.29. The van der Waals surface area contributed by atoms with E-state index >= 15 is 0 Å². The number of anilines is 1. The summed E-state index contributed by atoms with van der Waals surface area (Å²) in [5, 5.41) is 10.0. The average Bonchev–Trinajstić information content (AvgIpc) is 2.97. The topological polar surface area (TPSA) is 71.4 Å². The zero-order chi connectivity index (χ0) is 11.7. The minimum Gasteiger partial charge on any atom is -0.363 e. The molecule has 17 heavy (non-hydrogen) atoms. The fourth-order valence-corrected chi connectivity index (χ4v) is 1.75. The summed E-state index contributed by atoms with van der Waals surface area (Å²) in [6.45, 7) is 0.655. The Morgan fingerprint density at radius 1 is 1.29 bits per heavy atom. The Balaban J connectivity index is 1.90. The summed E-state index contributed by atoms with van der Waals surface area (Å²) in [7, 11) is 1.97. The van der Waals surface area contributed by atoms with E-state index in [0.717, 1.165) is 22.5 Å². The van der Waals surface area contributed by atoms with Gasteiger partial charge in [0.2, 0.25) is 0 Å². The second-order valence-corrected chi connectivity index (χ2v) is 3.82. The molecule has 3 aromatic heterocycles. The van der Waals surface area contributed by atoms with Crippen LogP contribution < -0.4 is 5.32 Å². The van der Waals surface area contributed by atoms with E-state index in [1.165, 1.54) is 0 Å². The van der Waals surface area contributed by atoms with Crippen molar-refractivity contribution in [3.05, 3.63) is 36.5 Å². The van der Waals surface area contributed by atoms with Crippen LogP contribution in [0.1, 0.15) is 5.69 Å². The summed E-state index contributed by atoms with van der Waals surface area (Å²) in [5.74, 6) is 0.790. The second kappa shape index (κ2) is 3.89. The van der Waals surface area contributed by atoms with Crippen LogP contribution in [0.15, 0.2) is 30.9 Å². The first-order chi connectivity index (χ1) is 8.34. The zero-order valence-electron chi connectivity index (χ0n) is 9.38. The molecular weight excluding hydrogens is 216 g/mol. The number of hydrogen-bond donors (Lipinski definition) is 2. The first kappa shape index (κ1) is 9.83. The summed E-state index contributed by atoms with van der Waals surface area (Å²) < 4.78 is 1.97. The number of aromatic amines is 1. The van der Waals surface area contributed by atoms with Gasteiger partial charge in [0.05, 0.1) is 24.1 Å². The molecule has 0 radical (unpaired) electrons. The molecule has 0 saturated carbocycles. The number of H-pyrrole nitrogens is 1. The number of imidazole rings is 1. The lowest BCUT2D eigenvalue weighted by Crippen LogP contribution is -2.02. The molecule has 0 unspecified atom stereocenters. The van der Waals surface area contributed by atoms with Crippen LogP contribution in [0.3, 0.4) is 0 Å². The SMILES string of the molecule is Cn1cnc2c(NCc3ccn[nH]3)nccc21. The molecule has 6 heteroatoms. The number of rotatable bonds is 3. The molecule has 0 amide bonds. The highest BCUT2D eigenvalue weighted by molar-refractivity contribution is 5.85. The smallest absolute Gasteiger partial charge is 0.154 e. The molecule has 86 valence electrons. The molecule has 0 aliphatic carbocycles. The predicted octanol–water partition coefficient (Wildman–Crippen LogP) is 1.30. The van der Waals surface area contributed by atoms with Crippen LogP contribution in [0.2, 0.25) is 0 Å². The molecule has 0 bridgehead atoms. The van der Waals surface area contributed by atoms with Crippen molar-refractivity contribution in [3.8, 4) is 0 Å². The van der Waals surface area contributed by atoms with Crippen molar-refractivity contribution < 1.29 is 0 Å². The van der Waals surface area contributed by atoms with Gasteiger partial charge in [-0.3, -0.25) is 5.10 Å². The van der Waals surface area contributed by atoms with Crippen molar-refractivity contribution in [2.45, 2.75) is 6.54 Å². The van der Waals surface area contributed by atoms with Crippen molar-refractivity contribution in [1.82, 2.24) is 24.7 Å². The minimum absolute atomic E-state index is 0.655. The van der Waals surface area contributed by atoms with Crippen LogP contribution in [0.4, 0.5) is 5.82 Å². The molecule has 3 heterocycles. The van der Waals surface area contributed by atoms with Gasteiger partial charge in [-0.2, -0.15) is 5.10 Å². The summed E-state index contributed by atoms with van der Waals surface area (Å²) in [5.41, 5.74) is 2.96. The molecule has 0 saturated heterocycles. The van der Waals surface area contributed by atoms with Crippen LogP contribution in [0, 0.1) is 0 Å². The van der Waals surface area contributed by atoms with Gasteiger partial charge in [0.15, 0.2) is 5.82 Å². The number of nitrogens with one attached hydrogen (secondary N) is 2. The zero-order valence-corrected chi connectivity index (χ0v) is 9.38. The molecule has 3 rings (SSSR count). The molecule has 0 aromatic carbocycles. The third-order valence-corrected chi connectivity index (χ3v) is 2.65. The lowest BCUT2D eigenvalue weighted by Gasteiger charge is -2.04. The minimum atomic E-state index is 0.655. The van der Waals surface area contributed by atoms with E-state index in [1.54, 1.807) is 18.7 Å². The van der Waals surface area contributed by atoms with Gasteiger partial charge in [-0.25, -0.2) is 9.97 Å². The van der Waals surface area contributed by atoms with Crippen LogP contribution in [-0.4, -0.2) is 24.7 Å². The van der Waals surface area contributed by atoms with E-state index in [4.69, 9.17) is 0 Å². The Morgan fingerprint density at radius 2 is 2.24 bits per heavy atom. The highest BCUT2D eigenvalue weighted by atomic mass is 15.1. The number of aryl methyl sites for hydroxylation is 1. The monoisotopic (exact) mass is 228 g/mol. The van der Waals surface area contributed by atoms with Crippen LogP contribution in [0.5, 0.6) is 0 Å². The molecule has 2 N–H and O–H groups in total. The quantitative estimate of drug-likeness (QED) is 0.709. The van der Waals surface area contributed by atoms with E-state index in [1.807, 2.05) is 23.7 Å². The van der Waals surface area contributed by atoms with Gasteiger partial charge in [0.25, 0.3) is 0 Å². The number of pyridine rings is 1. The normalized spacial score (nSPS) is 10.9. The van der Waals surface area contributed by atoms with Crippen LogP contribution >= 0.6 is 0 Å². The third kappa shape index (κ3) is 1.73. The molecule has 0 spiro atoms. The Morgan fingerprint density at radius 3 is 3.06 bits per heavy atom. The van der Waals surface area contributed by atoms with Crippen molar-refractivity contribution in [3.63, 3.8) is 0 Å². The maximum atomic E-state index is 4.33. The Bertz CT molecular complexity index is 625. The standard InChI is InChI=1S/C11H12N6/c1-17-7-14-10-9(17)3-4-12-11(10)13-6-8-2-5-15-16-8/h2-5,7H,6H2,1H3,(H,12,13)(H,15,16). The molecule has 6 nitrogen and oxygen atoms in total. The maximum absolute atomic E-state index is 4.33. The molecule has 0 fully saturated rings. The number of hydrogen-bond acceptors (Lipinski definition) is 4. The Kier molecular flexibility index (Phi) is 2.25. The van der Waals surface area contributed by atoms with Gasteiger partial charge < -0.3 is 9.88 Å². The highest BCUT2D eigenvalue weighted by Crippen LogP contribution is 2.18. The van der Waals surface area contributed by atoms with Crippen molar-refractivity contribution in [2.24, 2.45) is 7.05 Å². The summed E-state index contributed by atoms with van der Waals surface area (Å²) in [4.78, 5) is 8.63. The van der Waals surface area contributed by atoms with Gasteiger partial charge in [-0.1, -0.05) is 0 Å². The highest BCUT2D eigenvalue weighted by Gasteiger charge is 2.06. The van der Waals surface area contributed by atoms with Crippen LogP contribution in [-0.2, 0) is 13.6 Å². The van der Waals surface area contributed by atoms with Gasteiger partial charge in [-0.15, -0.1) is 0 Å².